The highest BCUT2D eigenvalue weighted by Crippen LogP contribution is 2.66. The fourth-order valence-electron chi connectivity index (χ4n) is 7.08. The van der Waals surface area contributed by atoms with Crippen LogP contribution < -0.4 is 0 Å². The molecule has 138 valence electrons. The van der Waals surface area contributed by atoms with Gasteiger partial charge in [0.05, 0.1) is 0 Å². The number of fused-ring (bicyclic) bond motifs is 5. The second kappa shape index (κ2) is 5.72. The minimum atomic E-state index is -0.122. The number of ether oxygens (including phenoxy) is 1. The fraction of sp³-hybridized carbons (Fsp3) is 0.783. The van der Waals surface area contributed by atoms with Gasteiger partial charge in [0.1, 0.15) is 6.10 Å². The molecule has 0 bridgehead atoms. The average Bonchev–Trinajstić information content (AvgIpc) is 2.86. The Kier molecular flexibility index (Phi) is 3.98. The number of hydrogen-bond donors (Lipinski definition) is 0. The summed E-state index contributed by atoms with van der Waals surface area (Å²) in [5.74, 6) is 2.84. The summed E-state index contributed by atoms with van der Waals surface area (Å²) in [6, 6.07) is 0. The quantitative estimate of drug-likeness (QED) is 0.573. The molecule has 7 unspecified atom stereocenters. The van der Waals surface area contributed by atoms with Gasteiger partial charge in [0.25, 0.3) is 0 Å². The molecule has 4 rings (SSSR count). The van der Waals surface area contributed by atoms with Gasteiger partial charge >= 0.3 is 5.97 Å². The van der Waals surface area contributed by atoms with Crippen LogP contribution in [0.25, 0.3) is 0 Å². The van der Waals surface area contributed by atoms with Crippen molar-refractivity contribution >= 4 is 5.97 Å². The molecule has 0 spiro atoms. The molecule has 2 nitrogen and oxygen atoms in total. The largest absolute Gasteiger partial charge is 0.463 e. The van der Waals surface area contributed by atoms with E-state index in [1.165, 1.54) is 31.3 Å². The first-order chi connectivity index (χ1) is 11.8. The molecule has 0 aromatic carbocycles. The predicted octanol–water partition coefficient (Wildman–Crippen LogP) is 5.68. The zero-order valence-electron chi connectivity index (χ0n) is 16.4. The van der Waals surface area contributed by atoms with Gasteiger partial charge in [-0.25, -0.2) is 0 Å². The lowest BCUT2D eigenvalue weighted by Gasteiger charge is -2.57. The molecule has 3 saturated carbocycles. The summed E-state index contributed by atoms with van der Waals surface area (Å²) < 4.78 is 5.57. The smallest absolute Gasteiger partial charge is 0.302 e. The topological polar surface area (TPSA) is 26.3 Å². The van der Waals surface area contributed by atoms with E-state index in [1.807, 2.05) is 0 Å². The highest BCUT2D eigenvalue weighted by Gasteiger charge is 2.57. The molecule has 0 N–H and O–H groups in total. The third-order valence-corrected chi connectivity index (χ3v) is 8.86. The zero-order chi connectivity index (χ0) is 18.0. The Morgan fingerprint density at radius 1 is 1.20 bits per heavy atom. The summed E-state index contributed by atoms with van der Waals surface area (Å²) >= 11 is 0. The van der Waals surface area contributed by atoms with Crippen LogP contribution in [0.4, 0.5) is 0 Å². The molecule has 0 heterocycles. The van der Waals surface area contributed by atoms with E-state index >= 15 is 0 Å². The van der Waals surface area contributed by atoms with E-state index in [0.29, 0.717) is 11.3 Å². The number of rotatable bonds is 1. The van der Waals surface area contributed by atoms with Gasteiger partial charge in [-0.3, -0.25) is 4.79 Å². The van der Waals surface area contributed by atoms with Gasteiger partial charge in [-0.05, 0) is 85.0 Å². The molecule has 0 saturated heterocycles. The molecule has 2 heteroatoms. The van der Waals surface area contributed by atoms with Gasteiger partial charge in [-0.15, -0.1) is 0 Å². The summed E-state index contributed by atoms with van der Waals surface area (Å²) in [5.41, 5.74) is 3.69. The molecule has 0 aromatic heterocycles. The van der Waals surface area contributed by atoms with Crippen molar-refractivity contribution in [1.29, 1.82) is 0 Å². The summed E-state index contributed by atoms with van der Waals surface area (Å²) in [6.45, 7) is 13.5. The van der Waals surface area contributed by atoms with Crippen LogP contribution in [0.5, 0.6) is 0 Å². The van der Waals surface area contributed by atoms with E-state index in [-0.39, 0.29) is 17.5 Å². The third-order valence-electron chi connectivity index (χ3n) is 8.86. The maximum absolute atomic E-state index is 11.4. The molecule has 7 atom stereocenters. The van der Waals surface area contributed by atoms with E-state index < -0.39 is 0 Å². The lowest BCUT2D eigenvalue weighted by Crippen LogP contribution is -2.49. The van der Waals surface area contributed by atoms with Crippen molar-refractivity contribution in [2.75, 3.05) is 0 Å². The minimum absolute atomic E-state index is 0.122. The standard InChI is InChI=1S/C23H34O2/c1-14-6-9-20-19-8-7-17-13-18(25-16(3)24)10-11-22(17,4)21(19)12-15(2)23(14,20)5/h12,14,17-20H,2,6-11,13H2,1,3-5H3. The molecular weight excluding hydrogens is 308 g/mol. The van der Waals surface area contributed by atoms with Crippen molar-refractivity contribution < 1.29 is 9.53 Å². The van der Waals surface area contributed by atoms with Crippen molar-refractivity contribution in [2.45, 2.75) is 78.7 Å². The van der Waals surface area contributed by atoms with Crippen LogP contribution in [-0.2, 0) is 9.53 Å². The number of allylic oxidation sites excluding steroid dienone is 3. The molecule has 25 heavy (non-hydrogen) atoms. The number of carbonyl (C=O) groups excluding carboxylic acids is 1. The Bertz CT molecular complexity index is 632. The van der Waals surface area contributed by atoms with Gasteiger partial charge in [0, 0.05) is 6.92 Å². The first kappa shape index (κ1) is 17.4. The van der Waals surface area contributed by atoms with E-state index in [1.54, 1.807) is 12.5 Å². The molecular formula is C23H34O2. The second-order valence-electron chi connectivity index (χ2n) is 9.80. The van der Waals surface area contributed by atoms with Crippen LogP contribution in [0.3, 0.4) is 0 Å². The highest BCUT2D eigenvalue weighted by atomic mass is 16.5. The van der Waals surface area contributed by atoms with E-state index in [0.717, 1.165) is 37.0 Å². The average molecular weight is 343 g/mol. The lowest BCUT2D eigenvalue weighted by molar-refractivity contribution is -0.150. The van der Waals surface area contributed by atoms with Crippen molar-refractivity contribution in [3.63, 3.8) is 0 Å². The molecule has 0 amide bonds. The summed E-state index contributed by atoms with van der Waals surface area (Å²) in [5, 5.41) is 0. The first-order valence-electron chi connectivity index (χ1n) is 10.4. The molecule has 0 aromatic rings. The van der Waals surface area contributed by atoms with Crippen LogP contribution in [0, 0.1) is 34.5 Å². The van der Waals surface area contributed by atoms with Gasteiger partial charge < -0.3 is 4.74 Å². The Morgan fingerprint density at radius 2 is 1.96 bits per heavy atom. The van der Waals surface area contributed by atoms with E-state index in [4.69, 9.17) is 4.74 Å². The van der Waals surface area contributed by atoms with Gasteiger partial charge in [-0.2, -0.15) is 0 Å². The summed E-state index contributed by atoms with van der Waals surface area (Å²) in [7, 11) is 0. The predicted molar refractivity (Wildman–Crippen MR) is 101 cm³/mol. The Morgan fingerprint density at radius 3 is 2.68 bits per heavy atom. The summed E-state index contributed by atoms with van der Waals surface area (Å²) in [6.07, 6.45) is 11.2. The van der Waals surface area contributed by atoms with Crippen LogP contribution in [0.1, 0.15) is 72.6 Å². The molecule has 0 aliphatic heterocycles. The van der Waals surface area contributed by atoms with E-state index in [2.05, 4.69) is 33.4 Å². The number of hydrogen-bond acceptors (Lipinski definition) is 2. The Labute approximate surface area is 153 Å². The first-order valence-corrected chi connectivity index (χ1v) is 10.4. The van der Waals surface area contributed by atoms with Gasteiger partial charge in [-0.1, -0.05) is 39.0 Å². The SMILES string of the molecule is C=C1C=C2C(CCC3CC(OC(C)=O)CCC23C)C2CCC(C)C12C. The van der Waals surface area contributed by atoms with Gasteiger partial charge in [0.2, 0.25) is 0 Å². The normalized spacial score (nSPS) is 48.9. The maximum Gasteiger partial charge on any atom is 0.302 e. The zero-order valence-corrected chi connectivity index (χ0v) is 16.4. The van der Waals surface area contributed by atoms with E-state index in [9.17, 15) is 4.79 Å². The van der Waals surface area contributed by atoms with Crippen molar-refractivity contribution in [3.05, 3.63) is 23.8 Å². The lowest BCUT2D eigenvalue weighted by atomic mass is 9.48. The minimum Gasteiger partial charge on any atom is -0.463 e. The second-order valence-corrected chi connectivity index (χ2v) is 9.80. The molecule has 0 radical (unpaired) electrons. The Hall–Kier alpha value is -1.05. The highest BCUT2D eigenvalue weighted by molar-refractivity contribution is 5.66. The molecule has 4 aliphatic rings. The third kappa shape index (κ3) is 2.39. The number of carbonyl (C=O) groups is 1. The number of esters is 1. The van der Waals surface area contributed by atoms with Crippen LogP contribution >= 0.6 is 0 Å². The van der Waals surface area contributed by atoms with Crippen molar-refractivity contribution in [1.82, 2.24) is 0 Å². The monoisotopic (exact) mass is 342 g/mol. The molecule has 3 fully saturated rings. The van der Waals surface area contributed by atoms with Crippen LogP contribution in [0.15, 0.2) is 23.8 Å². The fourth-order valence-corrected chi connectivity index (χ4v) is 7.08. The maximum atomic E-state index is 11.4. The molecule has 4 aliphatic carbocycles. The Balaban J connectivity index is 1.65. The van der Waals surface area contributed by atoms with Crippen LogP contribution in [0.2, 0.25) is 0 Å². The van der Waals surface area contributed by atoms with Crippen molar-refractivity contribution in [2.24, 2.45) is 34.5 Å². The summed E-state index contributed by atoms with van der Waals surface area (Å²) in [4.78, 5) is 11.4. The van der Waals surface area contributed by atoms with Crippen molar-refractivity contribution in [3.8, 4) is 0 Å². The van der Waals surface area contributed by atoms with Crippen LogP contribution in [-0.4, -0.2) is 12.1 Å². The van der Waals surface area contributed by atoms with Gasteiger partial charge in [0.15, 0.2) is 0 Å².